The average Bonchev–Trinajstić information content (AvgIpc) is 1.94. The number of Topliss-reactive ketones (excluding diaryl/α,β-unsaturated/α-hetero) is 1. The van der Waals surface area contributed by atoms with Gasteiger partial charge in [-0.2, -0.15) is 0 Å². The minimum atomic E-state index is -0.765. The van der Waals surface area contributed by atoms with Crippen molar-refractivity contribution in [2.45, 2.75) is 5.44 Å². The zero-order valence-electron chi connectivity index (χ0n) is 5.33. The van der Waals surface area contributed by atoms with Crippen LogP contribution in [0.4, 0.5) is 4.79 Å². The zero-order chi connectivity index (χ0) is 7.56. The zero-order valence-corrected chi connectivity index (χ0v) is 6.14. The summed E-state index contributed by atoms with van der Waals surface area (Å²) in [4.78, 5) is 21.1. The normalized spacial score (nSPS) is 25.5. The van der Waals surface area contributed by atoms with E-state index in [1.165, 1.54) is 11.8 Å². The highest BCUT2D eigenvalue weighted by atomic mass is 32.2. The minimum absolute atomic E-state index is 0.162. The Labute approximate surface area is 61.9 Å². The van der Waals surface area contributed by atoms with E-state index in [1.807, 2.05) is 0 Å². The van der Waals surface area contributed by atoms with E-state index < -0.39 is 11.6 Å². The van der Waals surface area contributed by atoms with Gasteiger partial charge in [-0.1, -0.05) is 0 Å². The van der Waals surface area contributed by atoms with Gasteiger partial charge >= 0.3 is 6.16 Å². The Kier molecular flexibility index (Phi) is 2.16. The molecule has 0 spiro atoms. The van der Waals surface area contributed by atoms with Crippen LogP contribution >= 0.6 is 11.8 Å². The van der Waals surface area contributed by atoms with Crippen molar-refractivity contribution in [2.75, 3.05) is 12.9 Å². The quantitative estimate of drug-likeness (QED) is 0.523. The molecule has 1 saturated heterocycles. The Hall–Kier alpha value is -0.710. The van der Waals surface area contributed by atoms with Crippen molar-refractivity contribution < 1.29 is 19.1 Å². The van der Waals surface area contributed by atoms with Gasteiger partial charge in [0.25, 0.3) is 0 Å². The first-order chi connectivity index (χ1) is 4.74. The number of cyclic esters (lactones) is 2. The van der Waals surface area contributed by atoms with Gasteiger partial charge in [0, 0.05) is 0 Å². The number of rotatable bonds is 1. The van der Waals surface area contributed by atoms with Gasteiger partial charge in [-0.3, -0.25) is 4.79 Å². The molecular formula is C5H6O4S. The first kappa shape index (κ1) is 7.40. The van der Waals surface area contributed by atoms with Gasteiger partial charge in [-0.15, -0.1) is 11.8 Å². The molecule has 5 heteroatoms. The highest BCUT2D eigenvalue weighted by molar-refractivity contribution is 7.99. The Morgan fingerprint density at radius 2 is 2.30 bits per heavy atom. The summed E-state index contributed by atoms with van der Waals surface area (Å²) in [6, 6.07) is 0. The van der Waals surface area contributed by atoms with Crippen molar-refractivity contribution in [3.63, 3.8) is 0 Å². The summed E-state index contributed by atoms with van der Waals surface area (Å²) in [5.41, 5.74) is -0.666. The molecule has 1 atom stereocenters. The number of carbonyl (C=O) groups excluding carboxylic acids is 2. The van der Waals surface area contributed by atoms with Crippen molar-refractivity contribution in [3.8, 4) is 0 Å². The maximum Gasteiger partial charge on any atom is 0.510 e. The molecule has 1 rings (SSSR count). The lowest BCUT2D eigenvalue weighted by atomic mass is 10.4. The molecule has 0 aromatic heterocycles. The minimum Gasteiger partial charge on any atom is -0.426 e. The van der Waals surface area contributed by atoms with Crippen molar-refractivity contribution in [3.05, 3.63) is 0 Å². The van der Waals surface area contributed by atoms with Gasteiger partial charge in [0.05, 0.1) is 0 Å². The second-order valence-electron chi connectivity index (χ2n) is 1.69. The molecule has 1 fully saturated rings. The summed E-state index contributed by atoms with van der Waals surface area (Å²) in [6.45, 7) is -0.162. The number of hydrogen-bond acceptors (Lipinski definition) is 5. The largest absolute Gasteiger partial charge is 0.510 e. The Bertz CT molecular complexity index is 167. The predicted molar refractivity (Wildman–Crippen MR) is 34.7 cm³/mol. The number of carbonyl (C=O) groups is 2. The molecule has 0 unspecified atom stereocenters. The summed E-state index contributed by atoms with van der Waals surface area (Å²) >= 11 is 1.18. The molecule has 0 aliphatic carbocycles. The van der Waals surface area contributed by atoms with Gasteiger partial charge in [0.15, 0.2) is 6.61 Å². The van der Waals surface area contributed by atoms with Crippen LogP contribution in [0.3, 0.4) is 0 Å². The molecule has 0 radical (unpaired) electrons. The van der Waals surface area contributed by atoms with E-state index in [-0.39, 0.29) is 12.4 Å². The van der Waals surface area contributed by atoms with Gasteiger partial charge in [-0.25, -0.2) is 4.79 Å². The molecule has 0 amide bonds. The first-order valence-electron chi connectivity index (χ1n) is 2.63. The molecule has 0 saturated carbocycles. The molecule has 10 heavy (non-hydrogen) atoms. The van der Waals surface area contributed by atoms with Crippen LogP contribution in [0.5, 0.6) is 0 Å². The van der Waals surface area contributed by atoms with Crippen molar-refractivity contribution >= 4 is 23.7 Å². The van der Waals surface area contributed by atoms with E-state index >= 15 is 0 Å². The standard InChI is InChI=1S/C5H6O4S/c1-10-4-3(6)2-8-5(7)9-4/h4H,2H2,1H3/t4-/m1/s1. The monoisotopic (exact) mass is 162 g/mol. The molecule has 0 aromatic rings. The first-order valence-corrected chi connectivity index (χ1v) is 3.91. The van der Waals surface area contributed by atoms with Gasteiger partial charge in [0.2, 0.25) is 11.2 Å². The third-order valence-corrected chi connectivity index (χ3v) is 1.80. The van der Waals surface area contributed by atoms with Crippen molar-refractivity contribution in [1.29, 1.82) is 0 Å². The second kappa shape index (κ2) is 2.92. The molecular weight excluding hydrogens is 156 g/mol. The van der Waals surface area contributed by atoms with Crippen molar-refractivity contribution in [1.82, 2.24) is 0 Å². The summed E-state index contributed by atoms with van der Waals surface area (Å²) in [5.74, 6) is -0.202. The van der Waals surface area contributed by atoms with Gasteiger partial charge in [0.1, 0.15) is 0 Å². The summed E-state index contributed by atoms with van der Waals surface area (Å²) < 4.78 is 8.80. The Morgan fingerprint density at radius 1 is 1.60 bits per heavy atom. The fraction of sp³-hybridized carbons (Fsp3) is 0.600. The molecule has 0 bridgehead atoms. The van der Waals surface area contributed by atoms with Crippen LogP contribution in [0.2, 0.25) is 0 Å². The summed E-state index contributed by atoms with van der Waals surface area (Å²) in [7, 11) is 0. The lowest BCUT2D eigenvalue weighted by Crippen LogP contribution is -2.34. The van der Waals surface area contributed by atoms with Crippen molar-refractivity contribution in [2.24, 2.45) is 0 Å². The van der Waals surface area contributed by atoms with Crippen LogP contribution in [0.1, 0.15) is 0 Å². The third kappa shape index (κ3) is 1.41. The molecule has 0 N–H and O–H groups in total. The number of ketones is 1. The van der Waals surface area contributed by atoms with Gasteiger partial charge < -0.3 is 9.47 Å². The van der Waals surface area contributed by atoms with Crippen LogP contribution in [0.25, 0.3) is 0 Å². The van der Waals surface area contributed by atoms with Crippen LogP contribution in [0, 0.1) is 0 Å². The average molecular weight is 162 g/mol. The topological polar surface area (TPSA) is 52.6 Å². The lowest BCUT2D eigenvalue weighted by molar-refractivity contribution is -0.133. The van der Waals surface area contributed by atoms with Crippen LogP contribution in [-0.2, 0) is 14.3 Å². The number of thioether (sulfide) groups is 1. The molecule has 1 aliphatic rings. The van der Waals surface area contributed by atoms with E-state index in [4.69, 9.17) is 0 Å². The maximum atomic E-state index is 10.7. The molecule has 1 aliphatic heterocycles. The Balaban J connectivity index is 2.53. The SMILES string of the molecule is CS[C@H]1OC(=O)OCC1=O. The van der Waals surface area contributed by atoms with Crippen LogP contribution in [-0.4, -0.2) is 30.2 Å². The van der Waals surface area contributed by atoms with E-state index in [2.05, 4.69) is 9.47 Å². The third-order valence-electron chi connectivity index (χ3n) is 1.01. The summed E-state index contributed by atoms with van der Waals surface area (Å²) in [5, 5.41) is 0. The molecule has 4 nitrogen and oxygen atoms in total. The Morgan fingerprint density at radius 3 is 2.80 bits per heavy atom. The maximum absolute atomic E-state index is 10.7. The highest BCUT2D eigenvalue weighted by Crippen LogP contribution is 2.14. The summed E-state index contributed by atoms with van der Waals surface area (Å²) in [6.07, 6.45) is 0.931. The van der Waals surface area contributed by atoms with Gasteiger partial charge in [-0.05, 0) is 6.26 Å². The fourth-order valence-corrected chi connectivity index (χ4v) is 1.07. The number of ether oxygens (including phenoxy) is 2. The second-order valence-corrected chi connectivity index (χ2v) is 2.59. The van der Waals surface area contributed by atoms with Crippen LogP contribution < -0.4 is 0 Å². The molecule has 56 valence electrons. The highest BCUT2D eigenvalue weighted by Gasteiger charge is 2.28. The smallest absolute Gasteiger partial charge is 0.426 e. The molecule has 0 aromatic carbocycles. The van der Waals surface area contributed by atoms with E-state index in [0.29, 0.717) is 0 Å². The van der Waals surface area contributed by atoms with E-state index in [9.17, 15) is 9.59 Å². The van der Waals surface area contributed by atoms with Crippen LogP contribution in [0.15, 0.2) is 0 Å². The van der Waals surface area contributed by atoms with E-state index in [0.717, 1.165) is 0 Å². The fourth-order valence-electron chi connectivity index (χ4n) is 0.565. The molecule has 1 heterocycles. The van der Waals surface area contributed by atoms with E-state index in [1.54, 1.807) is 6.26 Å². The number of hydrogen-bond donors (Lipinski definition) is 0. The lowest BCUT2D eigenvalue weighted by Gasteiger charge is -2.18. The predicted octanol–water partition coefficient (Wildman–Crippen LogP) is 0.411.